The van der Waals surface area contributed by atoms with Gasteiger partial charge in [-0.15, -0.1) is 0 Å². The minimum Gasteiger partial charge on any atom is -0.462 e. The predicted molar refractivity (Wildman–Crippen MR) is 84.4 cm³/mol. The van der Waals surface area contributed by atoms with Gasteiger partial charge in [0.1, 0.15) is 10.7 Å². The van der Waals surface area contributed by atoms with Crippen LogP contribution in [0.5, 0.6) is 0 Å². The number of nitro groups is 1. The highest BCUT2D eigenvalue weighted by molar-refractivity contribution is 7.71. The molecule has 23 heavy (non-hydrogen) atoms. The third-order valence-corrected chi connectivity index (χ3v) is 3.35. The molecule has 1 aromatic heterocycles. The summed E-state index contributed by atoms with van der Waals surface area (Å²) in [5.41, 5.74) is 1.09. The normalized spacial score (nSPS) is 9.91. The summed E-state index contributed by atoms with van der Waals surface area (Å²) in [6.45, 7) is 1.84. The van der Waals surface area contributed by atoms with E-state index < -0.39 is 10.9 Å². The van der Waals surface area contributed by atoms with Crippen LogP contribution in [0.15, 0.2) is 30.3 Å². The first-order chi connectivity index (χ1) is 11.0. The number of hydrogen-bond donors (Lipinski definition) is 1. The molecule has 0 saturated carbocycles. The molecule has 0 radical (unpaired) electrons. The molecule has 0 unspecified atom stereocenters. The fourth-order valence-electron chi connectivity index (χ4n) is 1.96. The van der Waals surface area contributed by atoms with Crippen molar-refractivity contribution in [2.45, 2.75) is 6.92 Å². The van der Waals surface area contributed by atoms with E-state index in [-0.39, 0.29) is 28.1 Å². The lowest BCUT2D eigenvalue weighted by atomic mass is 10.0. The van der Waals surface area contributed by atoms with Crippen LogP contribution in [-0.2, 0) is 4.74 Å². The number of nitrogens with one attached hydrogen (secondary N) is 1. The zero-order valence-electron chi connectivity index (χ0n) is 12.0. The smallest absolute Gasteiger partial charge is 0.340 e. The Labute approximate surface area is 136 Å². The molecule has 116 valence electrons. The summed E-state index contributed by atoms with van der Waals surface area (Å²) >= 11 is 5.08. The average molecular weight is 329 g/mol. The van der Waals surface area contributed by atoms with Gasteiger partial charge in [0, 0.05) is 12.1 Å². The Balaban J connectivity index is 2.62. The summed E-state index contributed by atoms with van der Waals surface area (Å²) in [5.74, 6) is -0.608. The number of nitriles is 1. The lowest BCUT2D eigenvalue weighted by molar-refractivity contribution is -0.384. The Morgan fingerprint density at radius 1 is 1.43 bits per heavy atom. The quantitative estimate of drug-likeness (QED) is 0.398. The van der Waals surface area contributed by atoms with Gasteiger partial charge in [0.2, 0.25) is 0 Å². The molecule has 8 heteroatoms. The number of aromatic nitrogens is 1. The lowest BCUT2D eigenvalue weighted by Gasteiger charge is -2.10. The maximum absolute atomic E-state index is 12.1. The van der Waals surface area contributed by atoms with Gasteiger partial charge in [-0.3, -0.25) is 10.1 Å². The summed E-state index contributed by atoms with van der Waals surface area (Å²) < 4.78 is 5.16. The number of hydrogen-bond acceptors (Lipinski definition) is 6. The van der Waals surface area contributed by atoms with Crippen molar-refractivity contribution in [1.29, 1.82) is 5.26 Å². The van der Waals surface area contributed by atoms with Gasteiger partial charge < -0.3 is 9.72 Å². The number of nitro benzene ring substituents is 1. The molecule has 7 nitrogen and oxygen atoms in total. The van der Waals surface area contributed by atoms with Crippen molar-refractivity contribution in [3.05, 3.63) is 56.2 Å². The third kappa shape index (κ3) is 3.41. The predicted octanol–water partition coefficient (Wildman–Crippen LogP) is 3.37. The van der Waals surface area contributed by atoms with Crippen LogP contribution in [0, 0.1) is 26.1 Å². The molecular formula is C15H11N3O4S. The molecule has 1 heterocycles. The van der Waals surface area contributed by atoms with Crippen LogP contribution in [0.3, 0.4) is 0 Å². The van der Waals surface area contributed by atoms with Crippen molar-refractivity contribution in [2.75, 3.05) is 6.61 Å². The van der Waals surface area contributed by atoms with E-state index in [1.807, 2.05) is 6.07 Å². The second kappa shape index (κ2) is 6.81. The zero-order chi connectivity index (χ0) is 17.0. The first kappa shape index (κ1) is 16.3. The molecule has 0 aliphatic heterocycles. The number of benzene rings is 1. The molecule has 2 aromatic rings. The molecule has 2 rings (SSSR count). The number of esters is 1. The summed E-state index contributed by atoms with van der Waals surface area (Å²) in [4.78, 5) is 25.1. The molecule has 0 fully saturated rings. The monoisotopic (exact) mass is 329 g/mol. The number of rotatable bonds is 4. The summed E-state index contributed by atoms with van der Waals surface area (Å²) in [6.07, 6.45) is 0. The highest BCUT2D eigenvalue weighted by Crippen LogP contribution is 2.25. The number of ether oxygens (including phenoxy) is 1. The molecule has 0 aliphatic rings. The Hall–Kier alpha value is -3.05. The number of carbonyl (C=O) groups is 1. The maximum atomic E-state index is 12.1. The van der Waals surface area contributed by atoms with E-state index in [1.165, 1.54) is 30.3 Å². The molecular weight excluding hydrogens is 318 g/mol. The minimum atomic E-state index is -0.608. The summed E-state index contributed by atoms with van der Waals surface area (Å²) in [7, 11) is 0. The number of aromatic amines is 1. The minimum absolute atomic E-state index is 0.0707. The number of pyridine rings is 1. The highest BCUT2D eigenvalue weighted by atomic mass is 32.1. The van der Waals surface area contributed by atoms with Crippen LogP contribution in [0.4, 0.5) is 5.69 Å². The van der Waals surface area contributed by atoms with Crippen LogP contribution >= 0.6 is 12.2 Å². The van der Waals surface area contributed by atoms with Crippen LogP contribution in [0.2, 0.25) is 0 Å². The van der Waals surface area contributed by atoms with Crippen LogP contribution in [-0.4, -0.2) is 22.5 Å². The van der Waals surface area contributed by atoms with E-state index in [1.54, 1.807) is 6.92 Å². The van der Waals surface area contributed by atoms with E-state index >= 15 is 0 Å². The largest absolute Gasteiger partial charge is 0.462 e. The van der Waals surface area contributed by atoms with Gasteiger partial charge in [0.15, 0.2) is 0 Å². The Morgan fingerprint density at radius 2 is 2.09 bits per heavy atom. The van der Waals surface area contributed by atoms with Crippen LogP contribution in [0.25, 0.3) is 11.3 Å². The second-order valence-electron chi connectivity index (χ2n) is 4.44. The van der Waals surface area contributed by atoms with E-state index in [4.69, 9.17) is 22.2 Å². The second-order valence-corrected chi connectivity index (χ2v) is 4.85. The SMILES string of the molecule is CCOC(=O)c1cc(C#N)c(=S)[nH]c1-c1ccc([N+](=O)[O-])cc1. The number of carbonyl (C=O) groups excluding carboxylic acids is 1. The molecule has 0 bridgehead atoms. The maximum Gasteiger partial charge on any atom is 0.340 e. The molecule has 0 saturated heterocycles. The number of non-ortho nitro benzene ring substituents is 1. The van der Waals surface area contributed by atoms with E-state index in [9.17, 15) is 14.9 Å². The molecule has 0 amide bonds. The van der Waals surface area contributed by atoms with Gasteiger partial charge in [-0.2, -0.15) is 5.26 Å². The summed E-state index contributed by atoms with van der Waals surface area (Å²) in [6, 6.07) is 8.88. The standard InChI is InChI=1S/C15H11N3O4S/c1-2-22-15(19)12-7-10(8-16)14(23)17-13(12)9-3-5-11(6-4-9)18(20)21/h3-7H,2H2,1H3,(H,17,23). The van der Waals surface area contributed by atoms with Crippen molar-refractivity contribution in [3.8, 4) is 17.3 Å². The zero-order valence-corrected chi connectivity index (χ0v) is 12.8. The van der Waals surface area contributed by atoms with E-state index in [0.717, 1.165) is 0 Å². The van der Waals surface area contributed by atoms with Crippen molar-refractivity contribution >= 4 is 23.9 Å². The molecule has 0 aliphatic carbocycles. The van der Waals surface area contributed by atoms with Gasteiger partial charge in [0.25, 0.3) is 5.69 Å². The van der Waals surface area contributed by atoms with Gasteiger partial charge in [-0.25, -0.2) is 4.79 Å². The Kier molecular flexibility index (Phi) is 4.83. The molecule has 0 spiro atoms. The number of nitrogens with zero attached hydrogens (tertiary/aromatic N) is 2. The van der Waals surface area contributed by atoms with Crippen molar-refractivity contribution in [1.82, 2.24) is 4.98 Å². The van der Waals surface area contributed by atoms with Gasteiger partial charge in [0.05, 0.1) is 28.4 Å². The highest BCUT2D eigenvalue weighted by Gasteiger charge is 2.17. The van der Waals surface area contributed by atoms with Crippen molar-refractivity contribution in [2.24, 2.45) is 0 Å². The topological polar surface area (TPSA) is 109 Å². The van der Waals surface area contributed by atoms with Crippen LogP contribution < -0.4 is 0 Å². The molecule has 1 aromatic carbocycles. The van der Waals surface area contributed by atoms with E-state index in [2.05, 4.69) is 4.98 Å². The fourth-order valence-corrected chi connectivity index (χ4v) is 2.17. The van der Waals surface area contributed by atoms with E-state index in [0.29, 0.717) is 11.3 Å². The Morgan fingerprint density at radius 3 is 2.61 bits per heavy atom. The first-order valence-corrected chi connectivity index (χ1v) is 6.98. The van der Waals surface area contributed by atoms with Gasteiger partial charge in [-0.05, 0) is 30.7 Å². The lowest BCUT2D eigenvalue weighted by Crippen LogP contribution is -2.08. The average Bonchev–Trinajstić information content (AvgIpc) is 2.54. The van der Waals surface area contributed by atoms with Crippen molar-refractivity contribution in [3.63, 3.8) is 0 Å². The van der Waals surface area contributed by atoms with Gasteiger partial charge >= 0.3 is 5.97 Å². The van der Waals surface area contributed by atoms with Crippen LogP contribution in [0.1, 0.15) is 22.8 Å². The molecule has 0 atom stereocenters. The van der Waals surface area contributed by atoms with Gasteiger partial charge in [-0.1, -0.05) is 12.2 Å². The fraction of sp³-hybridized carbons (Fsp3) is 0.133. The first-order valence-electron chi connectivity index (χ1n) is 6.57. The Bertz CT molecular complexity index is 866. The number of H-pyrrole nitrogens is 1. The third-order valence-electron chi connectivity index (χ3n) is 3.02. The molecule has 1 N–H and O–H groups in total. The van der Waals surface area contributed by atoms with Crippen molar-refractivity contribution < 1.29 is 14.5 Å². The summed E-state index contributed by atoms with van der Waals surface area (Å²) in [5, 5.41) is 19.8.